The van der Waals surface area contributed by atoms with Crippen LogP contribution in [0.3, 0.4) is 0 Å². The van der Waals surface area contributed by atoms with Gasteiger partial charge in [0.2, 0.25) is 0 Å². The number of benzene rings is 1. The van der Waals surface area contributed by atoms with Gasteiger partial charge in [-0.15, -0.1) is 11.8 Å². The van der Waals surface area contributed by atoms with Crippen LogP contribution in [0.15, 0.2) is 41.6 Å². The molecule has 1 aromatic heterocycles. The zero-order valence-corrected chi connectivity index (χ0v) is 14.9. The molecule has 2 aromatic rings. The van der Waals surface area contributed by atoms with Gasteiger partial charge in [-0.25, -0.2) is 0 Å². The Morgan fingerprint density at radius 2 is 1.87 bits per heavy atom. The van der Waals surface area contributed by atoms with E-state index in [9.17, 15) is 4.79 Å². The Morgan fingerprint density at radius 1 is 1.17 bits per heavy atom. The molecule has 0 atom stereocenters. The zero-order chi connectivity index (χ0) is 16.2. The molecular formula is C18H17Cl2NOS. The van der Waals surface area contributed by atoms with Crippen molar-refractivity contribution in [2.24, 2.45) is 5.92 Å². The van der Waals surface area contributed by atoms with Crippen LogP contribution < -0.4 is 0 Å². The minimum absolute atomic E-state index is 0.178. The number of aromatic nitrogens is 1. The minimum atomic E-state index is 0.178. The molecule has 0 spiro atoms. The first kappa shape index (κ1) is 16.8. The van der Waals surface area contributed by atoms with Gasteiger partial charge in [0.25, 0.3) is 0 Å². The summed E-state index contributed by atoms with van der Waals surface area (Å²) in [6.07, 6.45) is 7.80. The van der Waals surface area contributed by atoms with E-state index in [1.54, 1.807) is 24.2 Å². The maximum absolute atomic E-state index is 12.5. The first-order chi connectivity index (χ1) is 11.1. The van der Waals surface area contributed by atoms with Crippen molar-refractivity contribution in [3.05, 3.63) is 57.8 Å². The van der Waals surface area contributed by atoms with Crippen LogP contribution in [-0.4, -0.2) is 10.8 Å². The van der Waals surface area contributed by atoms with E-state index in [0.717, 1.165) is 41.7 Å². The van der Waals surface area contributed by atoms with Crippen molar-refractivity contribution in [1.82, 2.24) is 4.98 Å². The van der Waals surface area contributed by atoms with Gasteiger partial charge in [-0.2, -0.15) is 0 Å². The Kier molecular flexibility index (Phi) is 5.62. The second kappa shape index (κ2) is 7.69. The number of ketones is 1. The van der Waals surface area contributed by atoms with Crippen molar-refractivity contribution in [2.75, 3.05) is 0 Å². The maximum atomic E-state index is 12.5. The molecule has 0 N–H and O–H groups in total. The van der Waals surface area contributed by atoms with Crippen LogP contribution in [0.4, 0.5) is 0 Å². The molecule has 1 saturated carbocycles. The highest BCUT2D eigenvalue weighted by Gasteiger charge is 2.24. The largest absolute Gasteiger partial charge is 0.294 e. The molecule has 1 aliphatic carbocycles. The quantitative estimate of drug-likeness (QED) is 0.476. The van der Waals surface area contributed by atoms with Crippen molar-refractivity contribution >= 4 is 40.7 Å². The number of hydrogen-bond donors (Lipinski definition) is 0. The predicted molar refractivity (Wildman–Crippen MR) is 96.5 cm³/mol. The van der Waals surface area contributed by atoms with Gasteiger partial charge in [0.15, 0.2) is 5.78 Å². The van der Waals surface area contributed by atoms with E-state index >= 15 is 0 Å². The fourth-order valence-electron chi connectivity index (χ4n) is 2.90. The van der Waals surface area contributed by atoms with E-state index in [-0.39, 0.29) is 11.7 Å². The van der Waals surface area contributed by atoms with Crippen LogP contribution in [-0.2, 0) is 5.75 Å². The van der Waals surface area contributed by atoms with E-state index in [2.05, 4.69) is 4.98 Å². The van der Waals surface area contributed by atoms with Crippen molar-refractivity contribution in [3.63, 3.8) is 0 Å². The molecule has 1 aliphatic rings. The third-order valence-corrected chi connectivity index (χ3v) is 6.17. The van der Waals surface area contributed by atoms with Crippen LogP contribution in [0.2, 0.25) is 10.0 Å². The lowest BCUT2D eigenvalue weighted by molar-refractivity contribution is 0.0922. The monoisotopic (exact) mass is 365 g/mol. The van der Waals surface area contributed by atoms with Crippen molar-refractivity contribution in [1.29, 1.82) is 0 Å². The molecular weight excluding hydrogens is 349 g/mol. The lowest BCUT2D eigenvalue weighted by Crippen LogP contribution is -2.11. The Hall–Kier alpha value is -1.03. The number of pyridine rings is 1. The number of halogens is 2. The maximum Gasteiger partial charge on any atom is 0.167 e. The Morgan fingerprint density at radius 3 is 2.57 bits per heavy atom. The van der Waals surface area contributed by atoms with Crippen LogP contribution in [0, 0.1) is 5.92 Å². The lowest BCUT2D eigenvalue weighted by atomic mass is 9.97. The SMILES string of the molecule is O=C(c1cncc(CSc2c(Cl)cccc2Cl)c1)C1CCCC1. The number of rotatable bonds is 5. The second-order valence-corrected chi connectivity index (χ2v) is 7.57. The van der Waals surface area contributed by atoms with E-state index in [0.29, 0.717) is 15.8 Å². The standard InChI is InChI=1S/C18H17Cl2NOS/c19-15-6-3-7-16(20)18(15)23-11-12-8-14(10-21-9-12)17(22)13-4-1-2-5-13/h3,6-10,13H,1-2,4-5,11H2. The topological polar surface area (TPSA) is 30.0 Å². The number of nitrogens with zero attached hydrogens (tertiary/aromatic N) is 1. The van der Waals surface area contributed by atoms with Gasteiger partial charge in [0.05, 0.1) is 10.0 Å². The van der Waals surface area contributed by atoms with Crippen molar-refractivity contribution in [3.8, 4) is 0 Å². The minimum Gasteiger partial charge on any atom is -0.294 e. The van der Waals surface area contributed by atoms with Gasteiger partial charge in [-0.1, -0.05) is 42.1 Å². The van der Waals surface area contributed by atoms with E-state index in [1.165, 1.54) is 0 Å². The van der Waals surface area contributed by atoms with Gasteiger partial charge in [0.1, 0.15) is 0 Å². The predicted octanol–water partition coefficient (Wildman–Crippen LogP) is 6.05. The van der Waals surface area contributed by atoms with E-state index in [1.807, 2.05) is 24.3 Å². The summed E-state index contributed by atoms with van der Waals surface area (Å²) in [4.78, 5) is 17.6. The van der Waals surface area contributed by atoms with Crippen molar-refractivity contribution < 1.29 is 4.79 Å². The molecule has 23 heavy (non-hydrogen) atoms. The number of carbonyl (C=O) groups excluding carboxylic acids is 1. The molecule has 0 radical (unpaired) electrons. The van der Waals surface area contributed by atoms with Gasteiger partial charge >= 0.3 is 0 Å². The highest BCUT2D eigenvalue weighted by Crippen LogP contribution is 2.36. The van der Waals surface area contributed by atoms with Crippen LogP contribution in [0.1, 0.15) is 41.6 Å². The molecule has 0 aliphatic heterocycles. The van der Waals surface area contributed by atoms with Gasteiger partial charge in [0, 0.05) is 34.5 Å². The average Bonchev–Trinajstić information content (AvgIpc) is 3.08. The molecule has 1 aromatic carbocycles. The molecule has 0 amide bonds. The Labute approximate surface area is 150 Å². The second-order valence-electron chi connectivity index (χ2n) is 5.77. The molecule has 1 heterocycles. The Bertz CT molecular complexity index is 694. The third kappa shape index (κ3) is 4.09. The van der Waals surface area contributed by atoms with Gasteiger partial charge < -0.3 is 0 Å². The number of thioether (sulfide) groups is 1. The molecule has 0 unspecified atom stereocenters. The van der Waals surface area contributed by atoms with Crippen LogP contribution in [0.5, 0.6) is 0 Å². The molecule has 1 fully saturated rings. The van der Waals surface area contributed by atoms with Crippen molar-refractivity contribution in [2.45, 2.75) is 36.3 Å². The summed E-state index contributed by atoms with van der Waals surface area (Å²) in [5.74, 6) is 1.10. The zero-order valence-electron chi connectivity index (χ0n) is 12.6. The first-order valence-electron chi connectivity index (χ1n) is 7.70. The Balaban J connectivity index is 1.71. The first-order valence-corrected chi connectivity index (χ1v) is 9.44. The fourth-order valence-corrected chi connectivity index (χ4v) is 4.51. The number of hydrogen-bond acceptors (Lipinski definition) is 3. The van der Waals surface area contributed by atoms with Gasteiger partial charge in [-0.05, 0) is 36.6 Å². The lowest BCUT2D eigenvalue weighted by Gasteiger charge is -2.10. The highest BCUT2D eigenvalue weighted by molar-refractivity contribution is 7.98. The van der Waals surface area contributed by atoms with Crippen LogP contribution >= 0.6 is 35.0 Å². The molecule has 5 heteroatoms. The summed E-state index contributed by atoms with van der Waals surface area (Å²) in [6.45, 7) is 0. The summed E-state index contributed by atoms with van der Waals surface area (Å²) in [7, 11) is 0. The summed E-state index contributed by atoms with van der Waals surface area (Å²) in [5, 5.41) is 1.29. The average molecular weight is 366 g/mol. The summed E-state index contributed by atoms with van der Waals surface area (Å²) in [6, 6.07) is 7.44. The molecule has 0 bridgehead atoms. The van der Waals surface area contributed by atoms with Gasteiger partial charge in [-0.3, -0.25) is 9.78 Å². The highest BCUT2D eigenvalue weighted by atomic mass is 35.5. The molecule has 3 rings (SSSR count). The fraction of sp³-hybridized carbons (Fsp3) is 0.333. The molecule has 0 saturated heterocycles. The number of Topliss-reactive ketones (excluding diaryl/α,β-unsaturated/α-hetero) is 1. The van der Waals surface area contributed by atoms with E-state index < -0.39 is 0 Å². The van der Waals surface area contributed by atoms with E-state index in [4.69, 9.17) is 23.2 Å². The summed E-state index contributed by atoms with van der Waals surface area (Å²) < 4.78 is 0. The summed E-state index contributed by atoms with van der Waals surface area (Å²) in [5.41, 5.74) is 1.73. The van der Waals surface area contributed by atoms with Crippen LogP contribution in [0.25, 0.3) is 0 Å². The smallest absolute Gasteiger partial charge is 0.167 e. The summed E-state index contributed by atoms with van der Waals surface area (Å²) >= 11 is 13.9. The normalized spacial score (nSPS) is 15.0. The molecule has 120 valence electrons. The third-order valence-electron chi connectivity index (χ3n) is 4.11. The number of carbonyl (C=O) groups is 1. The molecule has 2 nitrogen and oxygen atoms in total.